The number of aryl methyl sites for hydroxylation is 1. The maximum absolute atomic E-state index is 11.9. The van der Waals surface area contributed by atoms with E-state index in [9.17, 15) is 4.79 Å². The number of carbonyl (C=O) groups excluding carboxylic acids is 1. The van der Waals surface area contributed by atoms with Crippen molar-refractivity contribution in [3.63, 3.8) is 0 Å². The molecule has 0 spiro atoms. The summed E-state index contributed by atoms with van der Waals surface area (Å²) in [4.78, 5) is 14.8. The molecule has 0 saturated carbocycles. The topological polar surface area (TPSA) is 32.3 Å². The zero-order valence-corrected chi connectivity index (χ0v) is 12.3. The molecule has 3 nitrogen and oxygen atoms in total. The number of nitrogens with zero attached hydrogens (tertiary/aromatic N) is 1. The van der Waals surface area contributed by atoms with Crippen LogP contribution in [0.2, 0.25) is 0 Å². The molecule has 1 aromatic carbocycles. The Labute approximate surface area is 117 Å². The monoisotopic (exact) mass is 274 g/mol. The highest BCUT2D eigenvalue weighted by Gasteiger charge is 2.08. The van der Waals surface area contributed by atoms with Crippen LogP contribution < -0.4 is 5.32 Å². The van der Waals surface area contributed by atoms with Gasteiger partial charge in [0.2, 0.25) is 0 Å². The summed E-state index contributed by atoms with van der Waals surface area (Å²) >= 11 is 1.75. The van der Waals surface area contributed by atoms with E-state index in [1.807, 2.05) is 24.3 Å². The Morgan fingerprint density at radius 2 is 2.11 bits per heavy atom. The van der Waals surface area contributed by atoms with E-state index >= 15 is 0 Å². The lowest BCUT2D eigenvalue weighted by Gasteiger charge is -2.12. The first-order valence-corrected chi connectivity index (χ1v) is 7.04. The Bertz CT molecular complexity index is 575. The van der Waals surface area contributed by atoms with Crippen molar-refractivity contribution in [3.05, 3.63) is 51.7 Å². The lowest BCUT2D eigenvalue weighted by Crippen LogP contribution is -2.21. The highest BCUT2D eigenvalue weighted by atomic mass is 32.1. The summed E-state index contributed by atoms with van der Waals surface area (Å²) in [6.07, 6.45) is 0. The number of nitrogens with one attached hydrogen (secondary N) is 1. The number of hydrogen-bond donors (Lipinski definition) is 1. The Balaban J connectivity index is 2.07. The van der Waals surface area contributed by atoms with E-state index in [1.165, 1.54) is 10.4 Å². The summed E-state index contributed by atoms with van der Waals surface area (Å²) < 4.78 is 0. The van der Waals surface area contributed by atoms with Crippen molar-refractivity contribution in [2.75, 3.05) is 19.4 Å². The van der Waals surface area contributed by atoms with Crippen LogP contribution in [0, 0.1) is 6.92 Å². The first-order chi connectivity index (χ1) is 9.08. The van der Waals surface area contributed by atoms with Crippen molar-refractivity contribution in [2.45, 2.75) is 13.5 Å². The summed E-state index contributed by atoms with van der Waals surface area (Å²) in [6.45, 7) is 2.91. The minimum atomic E-state index is 0.0240. The number of carbonyl (C=O) groups is 1. The highest BCUT2D eigenvalue weighted by molar-refractivity contribution is 7.10. The van der Waals surface area contributed by atoms with Crippen molar-refractivity contribution in [1.29, 1.82) is 0 Å². The van der Waals surface area contributed by atoms with Gasteiger partial charge in [0.15, 0.2) is 0 Å². The van der Waals surface area contributed by atoms with Gasteiger partial charge in [-0.05, 0) is 42.1 Å². The largest absolute Gasteiger partial charge is 0.380 e. The fraction of sp³-hybridized carbons (Fsp3) is 0.267. The van der Waals surface area contributed by atoms with Crippen LogP contribution in [0.3, 0.4) is 0 Å². The molecule has 1 heterocycles. The summed E-state index contributed by atoms with van der Waals surface area (Å²) in [5.41, 5.74) is 2.98. The average molecular weight is 274 g/mol. The number of anilines is 1. The third-order valence-electron chi connectivity index (χ3n) is 2.94. The summed E-state index contributed by atoms with van der Waals surface area (Å²) in [6, 6.07) is 9.73. The van der Waals surface area contributed by atoms with Crippen molar-refractivity contribution in [1.82, 2.24) is 4.90 Å². The molecular formula is C15H18N2OS. The summed E-state index contributed by atoms with van der Waals surface area (Å²) in [5, 5.41) is 5.46. The highest BCUT2D eigenvalue weighted by Crippen LogP contribution is 2.18. The van der Waals surface area contributed by atoms with Gasteiger partial charge in [0.1, 0.15) is 0 Å². The van der Waals surface area contributed by atoms with Gasteiger partial charge in [-0.25, -0.2) is 0 Å². The molecule has 1 aromatic heterocycles. The lowest BCUT2D eigenvalue weighted by atomic mass is 10.2. The average Bonchev–Trinajstić information content (AvgIpc) is 2.81. The van der Waals surface area contributed by atoms with E-state index < -0.39 is 0 Å². The second kappa shape index (κ2) is 5.89. The van der Waals surface area contributed by atoms with Gasteiger partial charge in [0.05, 0.1) is 0 Å². The molecule has 1 N–H and O–H groups in total. The van der Waals surface area contributed by atoms with Gasteiger partial charge in [-0.1, -0.05) is 6.07 Å². The Hall–Kier alpha value is -1.81. The molecule has 1 amide bonds. The number of thiophene rings is 1. The van der Waals surface area contributed by atoms with Crippen LogP contribution in [0.5, 0.6) is 0 Å². The minimum Gasteiger partial charge on any atom is -0.380 e. The normalized spacial score (nSPS) is 10.3. The molecule has 0 radical (unpaired) electrons. The summed E-state index contributed by atoms with van der Waals surface area (Å²) in [7, 11) is 3.52. The van der Waals surface area contributed by atoms with Crippen molar-refractivity contribution < 1.29 is 4.79 Å². The quantitative estimate of drug-likeness (QED) is 0.927. The molecule has 0 atom stereocenters. The fourth-order valence-electron chi connectivity index (χ4n) is 1.79. The van der Waals surface area contributed by atoms with Crippen molar-refractivity contribution in [3.8, 4) is 0 Å². The molecule has 0 unspecified atom stereocenters. The number of hydrogen-bond acceptors (Lipinski definition) is 3. The predicted molar refractivity (Wildman–Crippen MR) is 80.8 cm³/mol. The van der Waals surface area contributed by atoms with E-state index in [2.05, 4.69) is 23.7 Å². The number of benzene rings is 1. The van der Waals surface area contributed by atoms with Crippen LogP contribution in [0.15, 0.2) is 35.7 Å². The zero-order valence-electron chi connectivity index (χ0n) is 11.4. The first-order valence-electron chi connectivity index (χ1n) is 6.16. The lowest BCUT2D eigenvalue weighted by molar-refractivity contribution is 0.0827. The third kappa shape index (κ3) is 3.35. The Morgan fingerprint density at radius 1 is 1.32 bits per heavy atom. The van der Waals surface area contributed by atoms with Crippen molar-refractivity contribution >= 4 is 22.9 Å². The van der Waals surface area contributed by atoms with E-state index in [0.29, 0.717) is 5.56 Å². The molecular weight excluding hydrogens is 256 g/mol. The Kier molecular flexibility index (Phi) is 4.22. The van der Waals surface area contributed by atoms with Gasteiger partial charge in [-0.15, -0.1) is 11.3 Å². The van der Waals surface area contributed by atoms with Crippen LogP contribution in [0.4, 0.5) is 5.69 Å². The molecule has 0 bridgehead atoms. The maximum atomic E-state index is 11.9. The van der Waals surface area contributed by atoms with E-state index in [-0.39, 0.29) is 5.91 Å². The van der Waals surface area contributed by atoms with Crippen molar-refractivity contribution in [2.24, 2.45) is 0 Å². The van der Waals surface area contributed by atoms with Gasteiger partial charge < -0.3 is 10.2 Å². The van der Waals surface area contributed by atoms with Crippen LogP contribution in [-0.4, -0.2) is 24.9 Å². The molecule has 100 valence electrons. The van der Waals surface area contributed by atoms with E-state index in [0.717, 1.165) is 12.2 Å². The third-order valence-corrected chi connectivity index (χ3v) is 3.96. The van der Waals surface area contributed by atoms with Gasteiger partial charge in [0.25, 0.3) is 5.91 Å². The van der Waals surface area contributed by atoms with Crippen LogP contribution in [0.25, 0.3) is 0 Å². The summed E-state index contributed by atoms with van der Waals surface area (Å²) in [5.74, 6) is 0.0240. The molecule has 0 aliphatic carbocycles. The molecule has 0 fully saturated rings. The number of rotatable bonds is 4. The predicted octanol–water partition coefficient (Wildman–Crippen LogP) is 3.37. The van der Waals surface area contributed by atoms with Gasteiger partial charge in [-0.3, -0.25) is 4.79 Å². The first kappa shape index (κ1) is 13.6. The van der Waals surface area contributed by atoms with Crippen LogP contribution >= 0.6 is 11.3 Å². The molecule has 2 aromatic rings. The standard InChI is InChI=1S/C15H18N2OS/c1-11-7-8-19-14(11)10-16-13-6-4-5-12(9-13)15(18)17(2)3/h4-9,16H,10H2,1-3H3. The minimum absolute atomic E-state index is 0.0240. The van der Waals surface area contributed by atoms with Gasteiger partial charge in [0, 0.05) is 36.8 Å². The molecule has 2 rings (SSSR count). The molecule has 4 heteroatoms. The molecule has 19 heavy (non-hydrogen) atoms. The van der Waals surface area contributed by atoms with Gasteiger partial charge in [-0.2, -0.15) is 0 Å². The van der Waals surface area contributed by atoms with Crippen LogP contribution in [0.1, 0.15) is 20.8 Å². The zero-order chi connectivity index (χ0) is 13.8. The second-order valence-electron chi connectivity index (χ2n) is 4.66. The number of amides is 1. The molecule has 0 aliphatic heterocycles. The second-order valence-corrected chi connectivity index (χ2v) is 5.66. The fourth-order valence-corrected chi connectivity index (χ4v) is 2.63. The van der Waals surface area contributed by atoms with Gasteiger partial charge >= 0.3 is 0 Å². The Morgan fingerprint density at radius 3 is 2.74 bits per heavy atom. The SMILES string of the molecule is Cc1ccsc1CNc1cccc(C(=O)N(C)C)c1. The van der Waals surface area contributed by atoms with E-state index in [4.69, 9.17) is 0 Å². The smallest absolute Gasteiger partial charge is 0.253 e. The molecule has 0 saturated heterocycles. The van der Waals surface area contributed by atoms with Crippen LogP contribution in [-0.2, 0) is 6.54 Å². The molecule has 0 aliphatic rings. The maximum Gasteiger partial charge on any atom is 0.253 e. The van der Waals surface area contributed by atoms with E-state index in [1.54, 1.807) is 30.3 Å².